The van der Waals surface area contributed by atoms with E-state index >= 15 is 0 Å². The van der Waals surface area contributed by atoms with E-state index in [1.807, 2.05) is 70.7 Å². The second-order valence-electron chi connectivity index (χ2n) is 13.5. The molecule has 262 valence electrons. The van der Waals surface area contributed by atoms with E-state index in [4.69, 9.17) is 14.8 Å². The first-order valence-electron chi connectivity index (χ1n) is 17.7. The van der Waals surface area contributed by atoms with E-state index in [0.717, 1.165) is 55.7 Å². The second-order valence-corrected chi connectivity index (χ2v) is 14.6. The molecule has 7 heteroatoms. The average Bonchev–Trinajstić information content (AvgIpc) is 3.87. The van der Waals surface area contributed by atoms with Gasteiger partial charge < -0.3 is 9.30 Å². The number of fused-ring (bicyclic) bond motifs is 7. The van der Waals surface area contributed by atoms with Gasteiger partial charge in [-0.05, 0) is 72.8 Å². The molecule has 5 nitrogen and oxygen atoms in total. The van der Waals surface area contributed by atoms with Crippen molar-refractivity contribution in [2.24, 2.45) is 0 Å². The van der Waals surface area contributed by atoms with Gasteiger partial charge in [0.25, 0.3) is 0 Å². The van der Waals surface area contributed by atoms with Crippen molar-refractivity contribution in [3.63, 3.8) is 0 Å². The van der Waals surface area contributed by atoms with Crippen LogP contribution in [0, 0.1) is 32.9 Å². The molecule has 4 heterocycles. The molecular formula is C47H32N4OPtS. The third-order valence-electron chi connectivity index (χ3n) is 9.96. The van der Waals surface area contributed by atoms with Crippen molar-refractivity contribution in [2.75, 3.05) is 0 Å². The molecule has 0 unspecified atom stereocenters. The van der Waals surface area contributed by atoms with E-state index in [1.165, 1.54) is 36.9 Å². The molecule has 54 heavy (non-hydrogen) atoms. The van der Waals surface area contributed by atoms with Crippen molar-refractivity contribution >= 4 is 53.3 Å². The summed E-state index contributed by atoms with van der Waals surface area (Å²) in [5.41, 5.74) is 10.7. The van der Waals surface area contributed by atoms with Crippen LogP contribution in [0.4, 0.5) is 0 Å². The Kier molecular flexibility index (Phi) is 8.53. The van der Waals surface area contributed by atoms with Gasteiger partial charge in [0, 0.05) is 55.2 Å². The molecule has 0 fully saturated rings. The molecule has 0 radical (unpaired) electrons. The summed E-state index contributed by atoms with van der Waals surface area (Å²) in [5.74, 6) is 2.00. The maximum Gasteiger partial charge on any atom is 2.00 e. The summed E-state index contributed by atoms with van der Waals surface area (Å²) in [5, 5.41) is 9.90. The van der Waals surface area contributed by atoms with Crippen molar-refractivity contribution in [3.8, 4) is 45.4 Å². The molecule has 0 N–H and O–H groups in total. The monoisotopic (exact) mass is 895 g/mol. The summed E-state index contributed by atoms with van der Waals surface area (Å²) in [6, 6.07) is 51.2. The van der Waals surface area contributed by atoms with Crippen LogP contribution >= 0.6 is 11.3 Å². The minimum atomic E-state index is 0. The first-order chi connectivity index (χ1) is 26.0. The van der Waals surface area contributed by atoms with E-state index in [9.17, 15) is 0 Å². The molecule has 0 amide bonds. The summed E-state index contributed by atoms with van der Waals surface area (Å²) >= 11 is 1.82. The Balaban J connectivity index is 0.00000384. The zero-order chi connectivity index (χ0) is 35.6. The van der Waals surface area contributed by atoms with Gasteiger partial charge in [-0.1, -0.05) is 83.9 Å². The smallest absolute Gasteiger partial charge is 0.509 e. The van der Waals surface area contributed by atoms with E-state index in [2.05, 4.69) is 123 Å². The summed E-state index contributed by atoms with van der Waals surface area (Å²) in [6.45, 7) is 6.46. The Morgan fingerprint density at radius 2 is 1.43 bits per heavy atom. The van der Waals surface area contributed by atoms with Crippen LogP contribution in [0.3, 0.4) is 0 Å². The molecular weight excluding hydrogens is 864 g/mol. The molecule has 0 atom stereocenters. The Morgan fingerprint density at radius 3 is 2.24 bits per heavy atom. The van der Waals surface area contributed by atoms with Gasteiger partial charge in [0.1, 0.15) is 11.5 Å². The van der Waals surface area contributed by atoms with Crippen molar-refractivity contribution in [1.29, 1.82) is 0 Å². The van der Waals surface area contributed by atoms with Gasteiger partial charge in [0.2, 0.25) is 0 Å². The van der Waals surface area contributed by atoms with E-state index < -0.39 is 0 Å². The second kappa shape index (κ2) is 13.6. The molecule has 10 rings (SSSR count). The maximum atomic E-state index is 6.55. The fourth-order valence-electron chi connectivity index (χ4n) is 7.80. The van der Waals surface area contributed by atoms with Crippen LogP contribution in [0.2, 0.25) is 0 Å². The molecule has 6 aromatic carbocycles. The Labute approximate surface area is 331 Å². The normalized spacial score (nSPS) is 11.5. The number of nitrogens with zero attached hydrogens (tertiary/aromatic N) is 4. The van der Waals surface area contributed by atoms with E-state index in [0.29, 0.717) is 11.5 Å². The molecule has 4 aromatic heterocycles. The first-order valence-corrected chi connectivity index (χ1v) is 18.5. The molecule has 10 aromatic rings. The first kappa shape index (κ1) is 34.0. The molecule has 0 aliphatic carbocycles. The average molecular weight is 896 g/mol. The Bertz CT molecular complexity index is 2990. The van der Waals surface area contributed by atoms with Crippen LogP contribution < -0.4 is 4.74 Å². The largest absolute Gasteiger partial charge is 2.00 e. The number of benzene rings is 6. The number of rotatable bonds is 6. The molecule has 0 saturated carbocycles. The zero-order valence-corrected chi connectivity index (χ0v) is 32.8. The number of thiophene rings is 1. The molecule has 0 saturated heterocycles. The minimum Gasteiger partial charge on any atom is -0.509 e. The van der Waals surface area contributed by atoms with Gasteiger partial charge in [-0.3, -0.25) is 4.68 Å². The van der Waals surface area contributed by atoms with Gasteiger partial charge in [-0.15, -0.1) is 47.1 Å². The summed E-state index contributed by atoms with van der Waals surface area (Å²) in [7, 11) is 0. The number of hydrogen-bond acceptors (Lipinski definition) is 4. The van der Waals surface area contributed by atoms with E-state index in [-0.39, 0.29) is 21.1 Å². The van der Waals surface area contributed by atoms with Crippen molar-refractivity contribution in [3.05, 3.63) is 169 Å². The number of aryl methyl sites for hydroxylation is 3. The fraction of sp³-hybridized carbons (Fsp3) is 0.0638. The minimum absolute atomic E-state index is 0. The predicted octanol–water partition coefficient (Wildman–Crippen LogP) is 12.4. The number of hydrogen-bond donors (Lipinski definition) is 0. The fourth-order valence-corrected chi connectivity index (χ4v) is 8.91. The van der Waals surface area contributed by atoms with Gasteiger partial charge >= 0.3 is 21.1 Å². The van der Waals surface area contributed by atoms with Gasteiger partial charge in [0.05, 0.1) is 5.52 Å². The van der Waals surface area contributed by atoms with Crippen LogP contribution in [0.25, 0.3) is 75.9 Å². The van der Waals surface area contributed by atoms with Crippen LogP contribution in [-0.4, -0.2) is 19.3 Å². The van der Waals surface area contributed by atoms with Crippen LogP contribution in [0.5, 0.6) is 11.5 Å². The molecule has 0 bridgehead atoms. The van der Waals surface area contributed by atoms with Gasteiger partial charge in [-0.2, -0.15) is 17.2 Å². The van der Waals surface area contributed by atoms with Crippen molar-refractivity contribution < 1.29 is 25.8 Å². The Hall–Kier alpha value is -5.81. The molecule has 0 aliphatic heterocycles. The summed E-state index contributed by atoms with van der Waals surface area (Å²) in [6.07, 6.45) is 3.93. The van der Waals surface area contributed by atoms with Gasteiger partial charge in [-0.25, -0.2) is 4.98 Å². The number of ether oxygens (including phenoxy) is 1. The topological polar surface area (TPSA) is 44.9 Å². The molecule has 0 spiro atoms. The van der Waals surface area contributed by atoms with Crippen molar-refractivity contribution in [1.82, 2.24) is 19.3 Å². The van der Waals surface area contributed by atoms with Crippen molar-refractivity contribution in [2.45, 2.75) is 20.8 Å². The quantitative estimate of drug-likeness (QED) is 0.156. The van der Waals surface area contributed by atoms with Gasteiger partial charge in [0.15, 0.2) is 0 Å². The van der Waals surface area contributed by atoms with Crippen LogP contribution in [-0.2, 0) is 21.1 Å². The zero-order valence-electron chi connectivity index (χ0n) is 29.7. The molecule has 0 aliphatic rings. The maximum absolute atomic E-state index is 6.55. The third-order valence-corrected chi connectivity index (χ3v) is 11.1. The van der Waals surface area contributed by atoms with E-state index in [1.54, 1.807) is 0 Å². The Morgan fingerprint density at radius 1 is 0.667 bits per heavy atom. The predicted molar refractivity (Wildman–Crippen MR) is 218 cm³/mol. The van der Waals surface area contributed by atoms with Crippen LogP contribution in [0.1, 0.15) is 16.7 Å². The standard InChI is InChI=1S/C47H32N4OS.Pt/c1-29-24-30(2)44(31(3)25-29)46-39(32-12-5-4-6-13-32)28-50(49-46)33-14-11-15-34(26-33)52-35-19-20-36-37-21-22-42-45(38-16-7-8-17-41(38)53-42)47(37)51(40(36)27-35)43-18-9-10-23-48-43;/h4-25,28H,1-3H3;/q-2;+2. The summed E-state index contributed by atoms with van der Waals surface area (Å²) < 4.78 is 13.2. The third kappa shape index (κ3) is 5.65. The van der Waals surface area contributed by atoms with Crippen LogP contribution in [0.15, 0.2) is 140 Å². The number of aromatic nitrogens is 4. The number of pyridine rings is 1. The summed E-state index contributed by atoms with van der Waals surface area (Å²) in [4.78, 5) is 4.81. The SMILES string of the molecule is Cc1cc(C)c(-c2nn(-c3[c-]c(Oc4[c-]c5c(cc4)c4ccc6sc7ccccc7c6c4n5-c4ccccn4)ccc3)cc2-c2ccccc2)c(C)c1.[Pt+2].